The van der Waals surface area contributed by atoms with Crippen LogP contribution in [0.4, 0.5) is 13.2 Å². The van der Waals surface area contributed by atoms with Crippen LogP contribution in [0, 0.1) is 17.1 Å². The van der Waals surface area contributed by atoms with Crippen molar-refractivity contribution in [2.24, 2.45) is 0 Å². The average Bonchev–Trinajstić information content (AvgIpc) is 2.08. The Morgan fingerprint density at radius 2 is 2.23 bits per heavy atom. The van der Waals surface area contributed by atoms with Crippen molar-refractivity contribution in [1.29, 1.82) is 5.26 Å². The Morgan fingerprint density at radius 1 is 1.54 bits per heavy atom. The minimum absolute atomic E-state index is 0.0705. The fourth-order valence-corrected chi connectivity index (χ4v) is 0.895. The van der Waals surface area contributed by atoms with Crippen molar-refractivity contribution in [3.63, 3.8) is 0 Å². The molecule has 13 heavy (non-hydrogen) atoms. The van der Waals surface area contributed by atoms with Crippen LogP contribution in [0.1, 0.15) is 17.7 Å². The summed E-state index contributed by atoms with van der Waals surface area (Å²) in [5.74, 6) is -0.822. The van der Waals surface area contributed by atoms with E-state index >= 15 is 0 Å². The zero-order valence-corrected chi connectivity index (χ0v) is 6.47. The van der Waals surface area contributed by atoms with Crippen LogP contribution in [0.25, 0.3) is 0 Å². The van der Waals surface area contributed by atoms with Crippen LogP contribution >= 0.6 is 0 Å². The van der Waals surface area contributed by atoms with E-state index in [-0.39, 0.29) is 12.1 Å². The van der Waals surface area contributed by atoms with Crippen molar-refractivity contribution in [1.82, 2.24) is 4.98 Å². The molecular weight excluding hydrogens is 181 g/mol. The van der Waals surface area contributed by atoms with Gasteiger partial charge in [-0.15, -0.1) is 0 Å². The molecule has 1 aromatic rings. The van der Waals surface area contributed by atoms with E-state index < -0.39 is 17.8 Å². The van der Waals surface area contributed by atoms with Crippen LogP contribution in [-0.4, -0.2) is 4.98 Å². The summed E-state index contributed by atoms with van der Waals surface area (Å²) in [6, 6.07) is 2.38. The normalized spacial score (nSPS) is 10.1. The fraction of sp³-hybridized carbons (Fsp3) is 0.250. The Bertz CT molecular complexity index is 344. The fourth-order valence-electron chi connectivity index (χ4n) is 0.895. The lowest BCUT2D eigenvalue weighted by Crippen LogP contribution is -1.98. The monoisotopic (exact) mass is 186 g/mol. The van der Waals surface area contributed by atoms with E-state index in [1.807, 2.05) is 0 Å². The Balaban J connectivity index is 3.12. The van der Waals surface area contributed by atoms with E-state index in [1.165, 1.54) is 0 Å². The van der Waals surface area contributed by atoms with Gasteiger partial charge in [-0.25, -0.2) is 13.2 Å². The summed E-state index contributed by atoms with van der Waals surface area (Å²) in [4.78, 5) is 3.41. The maximum Gasteiger partial charge on any atom is 0.265 e. The van der Waals surface area contributed by atoms with Gasteiger partial charge in [0, 0.05) is 5.56 Å². The van der Waals surface area contributed by atoms with Crippen LogP contribution in [-0.2, 0) is 6.42 Å². The predicted octanol–water partition coefficient (Wildman–Crippen LogP) is 2.22. The highest BCUT2D eigenvalue weighted by molar-refractivity contribution is 5.24. The number of nitrogens with zero attached hydrogens (tertiary/aromatic N) is 2. The smallest absolute Gasteiger partial charge is 0.257 e. The van der Waals surface area contributed by atoms with E-state index in [4.69, 9.17) is 5.26 Å². The summed E-state index contributed by atoms with van der Waals surface area (Å²) in [5, 5.41) is 8.27. The van der Waals surface area contributed by atoms with Gasteiger partial charge in [0.05, 0.1) is 24.4 Å². The van der Waals surface area contributed by atoms with Crippen molar-refractivity contribution in [2.75, 3.05) is 0 Å². The van der Waals surface area contributed by atoms with E-state index in [1.54, 1.807) is 6.07 Å². The first kappa shape index (κ1) is 9.52. The summed E-state index contributed by atoms with van der Waals surface area (Å²) in [7, 11) is 0. The van der Waals surface area contributed by atoms with Gasteiger partial charge < -0.3 is 0 Å². The molecule has 0 aromatic carbocycles. The van der Waals surface area contributed by atoms with Crippen molar-refractivity contribution >= 4 is 0 Å². The zero-order chi connectivity index (χ0) is 9.84. The molecular formula is C8H5F3N2. The van der Waals surface area contributed by atoms with Gasteiger partial charge in [-0.2, -0.15) is 5.26 Å². The second kappa shape index (κ2) is 3.90. The van der Waals surface area contributed by atoms with Gasteiger partial charge in [-0.3, -0.25) is 4.98 Å². The summed E-state index contributed by atoms with van der Waals surface area (Å²) >= 11 is 0. The number of alkyl halides is 2. The summed E-state index contributed by atoms with van der Waals surface area (Å²) in [5.41, 5.74) is -0.583. The summed E-state index contributed by atoms with van der Waals surface area (Å²) in [6.07, 6.45) is -2.22. The van der Waals surface area contributed by atoms with Crippen LogP contribution in [0.3, 0.4) is 0 Å². The number of nitriles is 1. The van der Waals surface area contributed by atoms with Crippen LogP contribution in [0.15, 0.2) is 12.3 Å². The third-order valence-corrected chi connectivity index (χ3v) is 1.45. The van der Waals surface area contributed by atoms with Gasteiger partial charge in [0.15, 0.2) is 0 Å². The van der Waals surface area contributed by atoms with Gasteiger partial charge in [0.25, 0.3) is 6.43 Å². The molecule has 68 valence electrons. The molecule has 0 amide bonds. The lowest BCUT2D eigenvalue weighted by Gasteiger charge is -2.03. The Labute approximate surface area is 72.6 Å². The second-order valence-electron chi connectivity index (χ2n) is 2.33. The molecule has 0 radical (unpaired) electrons. The highest BCUT2D eigenvalue weighted by Crippen LogP contribution is 2.22. The number of halogens is 3. The van der Waals surface area contributed by atoms with Crippen molar-refractivity contribution < 1.29 is 13.2 Å². The molecule has 0 aliphatic rings. The minimum Gasteiger partial charge on any atom is -0.257 e. The highest BCUT2D eigenvalue weighted by Gasteiger charge is 2.14. The summed E-state index contributed by atoms with van der Waals surface area (Å²) in [6.45, 7) is 0. The maximum atomic E-state index is 12.5. The number of pyridine rings is 1. The third kappa shape index (κ3) is 2.18. The number of hydrogen-bond acceptors (Lipinski definition) is 2. The van der Waals surface area contributed by atoms with Crippen molar-refractivity contribution in [3.8, 4) is 6.07 Å². The lowest BCUT2D eigenvalue weighted by atomic mass is 10.1. The highest BCUT2D eigenvalue weighted by atomic mass is 19.3. The molecule has 0 saturated carbocycles. The van der Waals surface area contributed by atoms with E-state index in [0.29, 0.717) is 6.07 Å². The quantitative estimate of drug-likeness (QED) is 0.710. The van der Waals surface area contributed by atoms with Crippen molar-refractivity contribution in [2.45, 2.75) is 12.8 Å². The maximum absolute atomic E-state index is 12.5. The van der Waals surface area contributed by atoms with Gasteiger partial charge >= 0.3 is 0 Å². The molecule has 0 bridgehead atoms. The Morgan fingerprint density at radius 3 is 2.77 bits per heavy atom. The molecule has 0 aliphatic heterocycles. The lowest BCUT2D eigenvalue weighted by molar-refractivity contribution is 0.149. The minimum atomic E-state index is -2.80. The van der Waals surface area contributed by atoms with Crippen LogP contribution in [0.2, 0.25) is 0 Å². The number of aromatic nitrogens is 1. The zero-order valence-electron chi connectivity index (χ0n) is 6.47. The first-order valence-corrected chi connectivity index (χ1v) is 3.44. The predicted molar refractivity (Wildman–Crippen MR) is 38.5 cm³/mol. The number of hydrogen-bond donors (Lipinski definition) is 0. The van der Waals surface area contributed by atoms with E-state index in [9.17, 15) is 13.2 Å². The molecule has 5 heteroatoms. The first-order valence-electron chi connectivity index (χ1n) is 3.44. The largest absolute Gasteiger partial charge is 0.265 e. The molecule has 1 aromatic heterocycles. The second-order valence-corrected chi connectivity index (χ2v) is 2.33. The molecule has 0 saturated heterocycles. The van der Waals surface area contributed by atoms with E-state index in [0.717, 1.165) is 6.20 Å². The average molecular weight is 186 g/mol. The first-order chi connectivity index (χ1) is 6.15. The Hall–Kier alpha value is -1.57. The molecule has 0 fully saturated rings. The van der Waals surface area contributed by atoms with Gasteiger partial charge in [0.2, 0.25) is 0 Å². The van der Waals surface area contributed by atoms with Crippen LogP contribution < -0.4 is 0 Å². The molecule has 0 aliphatic carbocycles. The van der Waals surface area contributed by atoms with Gasteiger partial charge in [-0.05, 0) is 6.07 Å². The molecule has 2 nitrogen and oxygen atoms in total. The third-order valence-electron chi connectivity index (χ3n) is 1.45. The summed E-state index contributed by atoms with van der Waals surface area (Å²) < 4.78 is 36.9. The molecule has 0 N–H and O–H groups in total. The van der Waals surface area contributed by atoms with Gasteiger partial charge in [-0.1, -0.05) is 0 Å². The number of rotatable bonds is 2. The molecule has 1 heterocycles. The molecule has 1 rings (SSSR count). The topological polar surface area (TPSA) is 36.7 Å². The molecule has 0 spiro atoms. The Kier molecular flexibility index (Phi) is 2.85. The van der Waals surface area contributed by atoms with Gasteiger partial charge in [0.1, 0.15) is 5.82 Å². The standard InChI is InChI=1S/C8H5F3N2/c9-5-3-6(8(10)11)7(1-2-12)13-4-5/h3-4,8H,1H2. The SMILES string of the molecule is N#CCc1ncc(F)cc1C(F)F. The van der Waals surface area contributed by atoms with Crippen molar-refractivity contribution in [3.05, 3.63) is 29.3 Å². The molecule has 0 unspecified atom stereocenters. The van der Waals surface area contributed by atoms with E-state index in [2.05, 4.69) is 4.98 Å². The van der Waals surface area contributed by atoms with Crippen LogP contribution in [0.5, 0.6) is 0 Å². The molecule has 0 atom stereocenters.